The Hall–Kier alpha value is 35.0. The second-order valence-corrected chi connectivity index (χ2v) is 0. The molecule has 0 aliphatic heterocycles. The summed E-state index contributed by atoms with van der Waals surface area (Å²) in [5, 5.41) is 0. The number of hydrogen-bond donors (Lipinski definition) is 0. The zero-order chi connectivity index (χ0) is 0. The van der Waals surface area contributed by atoms with Crippen LogP contribution in [0.25, 0.3) is 0 Å². The second-order valence-electron chi connectivity index (χ2n) is 0. The van der Waals surface area contributed by atoms with Crippen LogP contribution >= 0.6 is 0 Å². The first-order chi connectivity index (χ1) is 0. The van der Waals surface area contributed by atoms with E-state index in [0.29, 0.717) is 0 Å². The van der Waals surface area contributed by atoms with Gasteiger partial charge in [-0.25, -0.2) is 0 Å². The molecule has 0 bridgehead atoms. The third-order valence-corrected chi connectivity index (χ3v) is 0. The van der Waals surface area contributed by atoms with Gasteiger partial charge in [-0.2, -0.15) is 0 Å². The van der Waals surface area contributed by atoms with E-state index in [9.17, 15) is 0 Å². The van der Waals surface area contributed by atoms with Crippen LogP contribution in [0, 0.1) is 0 Å². The van der Waals surface area contributed by atoms with E-state index in [1.807, 2.05) is 0 Å². The minimum absolute atomic E-state index is 0. The number of rotatable bonds is 0. The van der Waals surface area contributed by atoms with Crippen LogP contribution in [-0.2, 0) is 0 Å². The summed E-state index contributed by atoms with van der Waals surface area (Å²) in [5.41, 5.74) is 0. The fourth-order valence-electron chi connectivity index (χ4n) is 0. The van der Waals surface area contributed by atoms with Crippen LogP contribution in [0.2, 0.25) is 0 Å². The van der Waals surface area contributed by atoms with Crippen LogP contribution < -0.4 is 0 Å². The van der Waals surface area contributed by atoms with Gasteiger partial charge < -0.3 is 0 Å². The molecule has 0 nitrogen and oxygen atoms in total. The monoisotopic (exact) mass is 2000 g/mol. The Morgan fingerprint density at radius 2 is 0.0286 bits per heavy atom. The molecule has 0 aliphatic rings. The van der Waals surface area contributed by atoms with E-state index in [1.165, 1.54) is 0 Å². The summed E-state index contributed by atoms with van der Waals surface area (Å²) in [5.74, 6) is 0. The van der Waals surface area contributed by atoms with Gasteiger partial charge in [0.15, 0.2) is 0 Å². The van der Waals surface area contributed by atoms with Gasteiger partial charge in [0, 0.05) is 0 Å². The van der Waals surface area contributed by atoms with Crippen molar-refractivity contribution in [2.45, 2.75) is 0 Å². The van der Waals surface area contributed by atoms with Crippen molar-refractivity contribution < 1.29 is 188 Å². The maximum Gasteiger partial charge on any atom is 2.00 e. The Bertz CT molecular complexity index is 69.0. The Morgan fingerprint density at radius 3 is 0.0286 bits per heavy atom. The zero-order valence-electron chi connectivity index (χ0n) is 37.5. The standard InChI is InChI=1S/30Ca.40FH/h;;;;;;;;;;;;;;;;;;;;;;;;;;;;;;40*1H/q30*+2;;;;;;;;;;;;;;;;;;;;;;;;;;;;;;;;;;;;;;;;. The molecule has 0 spiro atoms. The number of hydrogen-bond acceptors (Lipinski definition) is 0. The summed E-state index contributed by atoms with van der Waals surface area (Å²) in [6, 6.07) is 0. The molecule has 0 aromatic heterocycles. The second kappa shape index (κ2) is 901. The molecule has 0 aromatic carbocycles. The molecule has 0 N–H and O–H groups in total. The average molecular weight is 2000 g/mol. The topological polar surface area (TPSA) is 0 Å². The van der Waals surface area contributed by atoms with Gasteiger partial charge in [-0.3, -0.25) is 188 Å². The van der Waals surface area contributed by atoms with Gasteiger partial charge in [0.1, 0.15) is 0 Å². The Morgan fingerprint density at radius 1 is 0.0286 bits per heavy atom. The maximum atomic E-state index is 0. The molecule has 0 saturated carbocycles. The SMILES string of the molecule is F.F.F.F.F.F.F.F.F.F.F.F.F.F.F.F.F.F.F.F.F.F.F.F.F.F.F.F.F.F.F.F.F.F.F.F.F.F.F.F.[Ca+2].[Ca+2].[Ca+2].[Ca+2].[Ca+2].[Ca+2].[Ca+2].[Ca+2].[Ca+2].[Ca+2].[Ca+2].[Ca+2].[Ca+2].[Ca+2].[Ca+2].[Ca+2].[Ca+2].[Ca+2].[Ca+2].[Ca+2].[Ca+2].[Ca+2].[Ca+2].[Ca+2].[Ca+2].[Ca+2].[Ca+2].[Ca+2].[Ca+2].[Ca+2]. The van der Waals surface area contributed by atoms with Crippen molar-refractivity contribution in [2.24, 2.45) is 0 Å². The molecular weight excluding hydrogens is 1960 g/mol. The molecule has 0 rings (SSSR count). The normalized spacial score (nSPS) is 0. The van der Waals surface area contributed by atoms with Crippen molar-refractivity contribution in [1.82, 2.24) is 0 Å². The van der Waals surface area contributed by atoms with Crippen LogP contribution in [0.5, 0.6) is 0 Å². The van der Waals surface area contributed by atoms with Crippen molar-refractivity contribution >= 4 is 1130 Å². The van der Waals surface area contributed by atoms with E-state index in [0.717, 1.165) is 0 Å². The minimum Gasteiger partial charge on any atom is -0.269 e. The fraction of sp³-hybridized carbons (Fsp3) is 0. The molecule has 0 amide bonds. The van der Waals surface area contributed by atoms with E-state index in [1.54, 1.807) is 0 Å². The third-order valence-electron chi connectivity index (χ3n) is 0. The third kappa shape index (κ3) is 875. The summed E-state index contributed by atoms with van der Waals surface area (Å²) in [4.78, 5) is 0. The zero-order valence-corrected chi connectivity index (χ0v) is 104. The van der Waals surface area contributed by atoms with E-state index >= 15 is 0 Å². The molecule has 0 saturated heterocycles. The Kier molecular flexibility index (Phi) is 11900. The summed E-state index contributed by atoms with van der Waals surface area (Å²) < 4.78 is 0. The van der Waals surface area contributed by atoms with Gasteiger partial charge in [-0.05, 0) is 0 Å². The van der Waals surface area contributed by atoms with Crippen LogP contribution in [0.15, 0.2) is 0 Å². The first-order valence-corrected chi connectivity index (χ1v) is 0. The van der Waals surface area contributed by atoms with Crippen LogP contribution in [-0.4, -0.2) is 1130 Å². The molecule has 0 unspecified atom stereocenters. The van der Waals surface area contributed by atoms with Gasteiger partial charge in [0.2, 0.25) is 0 Å². The van der Waals surface area contributed by atoms with E-state index in [4.69, 9.17) is 0 Å². The molecule has 0 fully saturated rings. The van der Waals surface area contributed by atoms with Gasteiger partial charge in [0.05, 0.1) is 0 Å². The minimum atomic E-state index is 0. The maximum absolute atomic E-state index is 0. The quantitative estimate of drug-likeness (QED) is 0.168. The van der Waals surface area contributed by atoms with Gasteiger partial charge in [-0.1, -0.05) is 0 Å². The number of halogens is 40. The van der Waals surface area contributed by atoms with E-state index in [2.05, 4.69) is 0 Å². The largest absolute Gasteiger partial charge is 2.00 e. The summed E-state index contributed by atoms with van der Waals surface area (Å²) >= 11 is 0. The molecule has 320 valence electrons. The first kappa shape index (κ1) is 927. The predicted molar refractivity (Wildman–Crippen MR) is 273 cm³/mol. The summed E-state index contributed by atoms with van der Waals surface area (Å²) in [7, 11) is 0. The average Bonchev–Trinajstić information content (AvgIpc) is 0. The predicted octanol–water partition coefficient (Wildman–Crippen LogP) is -5.32. The van der Waals surface area contributed by atoms with Crippen molar-refractivity contribution in [3.05, 3.63) is 0 Å². The van der Waals surface area contributed by atoms with Gasteiger partial charge in [0.25, 0.3) is 0 Å². The molecule has 0 heterocycles. The van der Waals surface area contributed by atoms with E-state index in [-0.39, 0.29) is 1320 Å². The summed E-state index contributed by atoms with van der Waals surface area (Å²) in [6.45, 7) is 0. The summed E-state index contributed by atoms with van der Waals surface area (Å²) in [6.07, 6.45) is 0. The Balaban J connectivity index is 0. The van der Waals surface area contributed by atoms with Crippen molar-refractivity contribution in [3.63, 3.8) is 0 Å². The fourth-order valence-corrected chi connectivity index (χ4v) is 0. The molecule has 0 atom stereocenters. The van der Waals surface area contributed by atoms with Crippen molar-refractivity contribution in [1.29, 1.82) is 0 Å². The molecule has 0 radical (unpaired) electrons. The molecular formula is H40Ca30F40+60. The molecule has 70 heteroatoms. The van der Waals surface area contributed by atoms with Crippen LogP contribution in [0.3, 0.4) is 0 Å². The van der Waals surface area contributed by atoms with Gasteiger partial charge in [-0.15, -0.1) is 0 Å². The van der Waals surface area contributed by atoms with Gasteiger partial charge >= 0.3 is 1130 Å². The van der Waals surface area contributed by atoms with Crippen molar-refractivity contribution in [2.75, 3.05) is 0 Å². The van der Waals surface area contributed by atoms with Crippen molar-refractivity contribution in [3.8, 4) is 0 Å². The molecule has 0 aromatic rings. The van der Waals surface area contributed by atoms with E-state index < -0.39 is 0 Å². The Labute approximate surface area is 1270 Å². The van der Waals surface area contributed by atoms with Crippen LogP contribution in [0.4, 0.5) is 188 Å². The van der Waals surface area contributed by atoms with Crippen LogP contribution in [0.1, 0.15) is 0 Å². The smallest absolute Gasteiger partial charge is 0.269 e. The first-order valence-electron chi connectivity index (χ1n) is 0. The molecule has 70 heavy (non-hydrogen) atoms. The molecule has 0 aliphatic carbocycles.